The number of carbonyl (C=O) groups excluding carboxylic acids is 1. The van der Waals surface area contributed by atoms with Crippen molar-refractivity contribution in [3.05, 3.63) is 34.8 Å². The van der Waals surface area contributed by atoms with E-state index in [4.69, 9.17) is 25.8 Å². The highest BCUT2D eigenvalue weighted by Crippen LogP contribution is 2.38. The molecule has 5 nitrogen and oxygen atoms in total. The number of carbonyl (C=O) groups is 1. The van der Waals surface area contributed by atoms with E-state index in [9.17, 15) is 4.79 Å². The van der Waals surface area contributed by atoms with E-state index in [2.05, 4.69) is 4.98 Å². The van der Waals surface area contributed by atoms with Crippen LogP contribution in [-0.4, -0.2) is 23.3 Å². The fourth-order valence-electron chi connectivity index (χ4n) is 1.67. The van der Waals surface area contributed by atoms with E-state index >= 15 is 0 Å². The molecule has 0 aromatic carbocycles. The highest BCUT2D eigenvalue weighted by atomic mass is 35.5. The molecular formula is C13H14ClNO4. The van der Waals surface area contributed by atoms with Gasteiger partial charge in [-0.2, -0.15) is 0 Å². The predicted molar refractivity (Wildman–Crippen MR) is 69.0 cm³/mol. The Bertz CT molecular complexity index is 539. The number of hydrogen-bond acceptors (Lipinski definition) is 5. The van der Waals surface area contributed by atoms with E-state index in [-0.39, 0.29) is 18.1 Å². The Morgan fingerprint density at radius 3 is 2.84 bits per heavy atom. The Morgan fingerprint density at radius 1 is 1.47 bits per heavy atom. The lowest BCUT2D eigenvalue weighted by Gasteiger charge is -2.18. The van der Waals surface area contributed by atoms with Crippen LogP contribution in [0.4, 0.5) is 0 Å². The topological polar surface area (TPSA) is 57.7 Å². The zero-order valence-corrected chi connectivity index (χ0v) is 11.7. The molecule has 0 spiro atoms. The number of rotatable bonds is 3. The third kappa shape index (κ3) is 2.81. The average Bonchev–Trinajstić information content (AvgIpc) is 2.66. The van der Waals surface area contributed by atoms with Crippen LogP contribution in [-0.2, 0) is 19.0 Å². The summed E-state index contributed by atoms with van der Waals surface area (Å²) in [5, 5.41) is 0.376. The fraction of sp³-hybridized carbons (Fsp3) is 0.385. The maximum absolute atomic E-state index is 11.9. The Morgan fingerprint density at radius 2 is 2.21 bits per heavy atom. The van der Waals surface area contributed by atoms with Crippen molar-refractivity contribution < 1.29 is 19.0 Å². The van der Waals surface area contributed by atoms with E-state index in [1.165, 1.54) is 6.20 Å². The van der Waals surface area contributed by atoms with Gasteiger partial charge in [0.1, 0.15) is 0 Å². The molecule has 0 saturated heterocycles. The van der Waals surface area contributed by atoms with Gasteiger partial charge in [0.2, 0.25) is 5.79 Å². The Balaban J connectivity index is 2.46. The van der Waals surface area contributed by atoms with Crippen molar-refractivity contribution in [3.8, 4) is 0 Å². The van der Waals surface area contributed by atoms with E-state index in [0.717, 1.165) is 0 Å². The number of aromatic nitrogens is 1. The van der Waals surface area contributed by atoms with Gasteiger partial charge in [-0.1, -0.05) is 11.6 Å². The largest absolute Gasteiger partial charge is 0.460 e. The minimum Gasteiger partial charge on any atom is -0.460 e. The number of pyridine rings is 1. The molecule has 102 valence electrons. The molecule has 1 aliphatic heterocycles. The highest BCUT2D eigenvalue weighted by Gasteiger charge is 2.39. The Kier molecular flexibility index (Phi) is 3.66. The number of hydrogen-bond donors (Lipinski definition) is 0. The van der Waals surface area contributed by atoms with Crippen LogP contribution in [0, 0.1) is 0 Å². The van der Waals surface area contributed by atoms with Crippen molar-refractivity contribution in [2.45, 2.75) is 26.6 Å². The standard InChI is InChI=1S/C13H14ClNO4/c1-4-17-12(16)11-10(18-13(2,3)19-11)8-5-6-15-7-9(8)14/h5-7H,4H2,1-3H3. The van der Waals surface area contributed by atoms with Gasteiger partial charge in [-0.15, -0.1) is 0 Å². The minimum atomic E-state index is -0.940. The number of halogens is 1. The minimum absolute atomic E-state index is 0.0277. The summed E-state index contributed by atoms with van der Waals surface area (Å²) in [6.45, 7) is 5.38. The van der Waals surface area contributed by atoms with Gasteiger partial charge in [0, 0.05) is 31.8 Å². The van der Waals surface area contributed by atoms with Crippen LogP contribution in [0.3, 0.4) is 0 Å². The van der Waals surface area contributed by atoms with Crippen LogP contribution < -0.4 is 0 Å². The van der Waals surface area contributed by atoms with Crippen molar-refractivity contribution in [1.29, 1.82) is 0 Å². The second kappa shape index (κ2) is 5.09. The highest BCUT2D eigenvalue weighted by molar-refractivity contribution is 6.32. The first-order valence-corrected chi connectivity index (χ1v) is 6.21. The summed E-state index contributed by atoms with van der Waals surface area (Å²) >= 11 is 6.06. The Hall–Kier alpha value is -1.75. The zero-order valence-electron chi connectivity index (χ0n) is 10.9. The first-order chi connectivity index (χ1) is 8.94. The van der Waals surface area contributed by atoms with Crippen LogP contribution >= 0.6 is 11.6 Å². The van der Waals surface area contributed by atoms with Gasteiger partial charge < -0.3 is 14.2 Å². The lowest BCUT2D eigenvalue weighted by molar-refractivity contribution is -0.152. The van der Waals surface area contributed by atoms with Crippen LogP contribution in [0.2, 0.25) is 5.02 Å². The first kappa shape index (κ1) is 13.7. The molecule has 0 fully saturated rings. The summed E-state index contributed by atoms with van der Waals surface area (Å²) < 4.78 is 16.1. The third-order valence-electron chi connectivity index (χ3n) is 2.38. The molecule has 0 saturated carbocycles. The average molecular weight is 284 g/mol. The molecule has 0 N–H and O–H groups in total. The van der Waals surface area contributed by atoms with Crippen molar-refractivity contribution in [2.24, 2.45) is 0 Å². The van der Waals surface area contributed by atoms with Crippen LogP contribution in [0.5, 0.6) is 0 Å². The number of nitrogens with zero attached hydrogens (tertiary/aromatic N) is 1. The first-order valence-electron chi connectivity index (χ1n) is 5.84. The smallest absolute Gasteiger partial charge is 0.377 e. The third-order valence-corrected chi connectivity index (χ3v) is 2.68. The molecule has 0 radical (unpaired) electrons. The molecule has 0 atom stereocenters. The maximum atomic E-state index is 11.9. The maximum Gasteiger partial charge on any atom is 0.377 e. The van der Waals surface area contributed by atoms with Gasteiger partial charge in [0.25, 0.3) is 5.76 Å². The van der Waals surface area contributed by atoms with Crippen molar-refractivity contribution in [3.63, 3.8) is 0 Å². The summed E-state index contributed by atoms with van der Waals surface area (Å²) in [5.74, 6) is -1.21. The number of ether oxygens (including phenoxy) is 3. The van der Waals surface area contributed by atoms with E-state index in [0.29, 0.717) is 10.6 Å². The molecule has 2 heterocycles. The quantitative estimate of drug-likeness (QED) is 0.798. The molecule has 0 aliphatic carbocycles. The lowest BCUT2D eigenvalue weighted by Crippen LogP contribution is -2.22. The second-order valence-corrected chi connectivity index (χ2v) is 4.75. The number of esters is 1. The summed E-state index contributed by atoms with van der Waals surface area (Å²) in [5.41, 5.74) is 0.547. The molecule has 1 aromatic heterocycles. The van der Waals surface area contributed by atoms with E-state index < -0.39 is 11.8 Å². The van der Waals surface area contributed by atoms with E-state index in [1.807, 2.05) is 0 Å². The van der Waals surface area contributed by atoms with E-state index in [1.54, 1.807) is 33.0 Å². The van der Waals surface area contributed by atoms with Gasteiger partial charge in [0.15, 0.2) is 5.76 Å². The van der Waals surface area contributed by atoms with Gasteiger partial charge in [-0.3, -0.25) is 4.98 Å². The fourth-order valence-corrected chi connectivity index (χ4v) is 1.88. The summed E-state index contributed by atoms with van der Waals surface area (Å²) in [7, 11) is 0. The molecule has 0 unspecified atom stereocenters. The van der Waals surface area contributed by atoms with Gasteiger partial charge in [0.05, 0.1) is 11.6 Å². The predicted octanol–water partition coefficient (Wildman–Crippen LogP) is 2.75. The van der Waals surface area contributed by atoms with Gasteiger partial charge >= 0.3 is 5.97 Å². The lowest BCUT2D eigenvalue weighted by atomic mass is 10.2. The molecule has 2 rings (SSSR count). The molecule has 6 heteroatoms. The van der Waals surface area contributed by atoms with Crippen molar-refractivity contribution in [2.75, 3.05) is 6.61 Å². The van der Waals surface area contributed by atoms with Gasteiger partial charge in [-0.05, 0) is 13.0 Å². The normalized spacial score (nSPS) is 16.8. The van der Waals surface area contributed by atoms with Crippen molar-refractivity contribution in [1.82, 2.24) is 4.98 Å². The summed E-state index contributed by atoms with van der Waals surface area (Å²) in [6, 6.07) is 1.65. The van der Waals surface area contributed by atoms with Crippen LogP contribution in [0.15, 0.2) is 24.2 Å². The molecule has 1 aromatic rings. The molecular weight excluding hydrogens is 270 g/mol. The molecule has 1 aliphatic rings. The van der Waals surface area contributed by atoms with Crippen LogP contribution in [0.1, 0.15) is 26.3 Å². The second-order valence-electron chi connectivity index (χ2n) is 4.34. The zero-order chi connectivity index (χ0) is 14.0. The summed E-state index contributed by atoms with van der Waals surface area (Å²) in [4.78, 5) is 15.8. The Labute approximate surface area is 116 Å². The monoisotopic (exact) mass is 283 g/mol. The molecule has 0 amide bonds. The van der Waals surface area contributed by atoms with Crippen molar-refractivity contribution >= 4 is 23.3 Å². The molecule has 19 heavy (non-hydrogen) atoms. The van der Waals surface area contributed by atoms with Crippen LogP contribution in [0.25, 0.3) is 5.76 Å². The summed E-state index contributed by atoms with van der Waals surface area (Å²) in [6.07, 6.45) is 3.03. The molecule has 0 bridgehead atoms. The SMILES string of the molecule is CCOC(=O)C1=C(c2ccncc2Cl)OC(C)(C)O1. The van der Waals surface area contributed by atoms with Gasteiger partial charge in [-0.25, -0.2) is 4.79 Å².